The van der Waals surface area contributed by atoms with Crippen molar-refractivity contribution in [1.82, 2.24) is 20.6 Å². The minimum atomic E-state index is 0.272. The van der Waals surface area contributed by atoms with E-state index in [1.165, 1.54) is 10.9 Å². The first kappa shape index (κ1) is 14.4. The van der Waals surface area contributed by atoms with Gasteiger partial charge in [-0.3, -0.25) is 0 Å². The van der Waals surface area contributed by atoms with E-state index < -0.39 is 0 Å². The summed E-state index contributed by atoms with van der Waals surface area (Å²) < 4.78 is 5.99. The molecule has 1 N–H and O–H groups in total. The number of benzene rings is 3. The molecule has 0 atom stereocenters. The summed E-state index contributed by atoms with van der Waals surface area (Å²) in [5.74, 6) is 1.33. The Labute approximate surface area is 139 Å². The summed E-state index contributed by atoms with van der Waals surface area (Å²) in [5, 5.41) is 16.2. The van der Waals surface area contributed by atoms with Crippen molar-refractivity contribution in [1.29, 1.82) is 0 Å². The number of ether oxygens (including phenoxy) is 1. The van der Waals surface area contributed by atoms with E-state index >= 15 is 0 Å². The van der Waals surface area contributed by atoms with Crippen LogP contribution in [0.25, 0.3) is 21.9 Å². The van der Waals surface area contributed by atoms with Crippen molar-refractivity contribution in [3.05, 3.63) is 72.1 Å². The fourth-order valence-electron chi connectivity index (χ4n) is 2.78. The van der Waals surface area contributed by atoms with Crippen LogP contribution < -0.4 is 4.74 Å². The van der Waals surface area contributed by atoms with Gasteiger partial charge in [0.05, 0.1) is 0 Å². The molecule has 0 aliphatic rings. The molecule has 4 aromatic rings. The maximum atomic E-state index is 5.99. The van der Waals surface area contributed by atoms with Gasteiger partial charge in [0, 0.05) is 5.56 Å². The number of rotatable bonds is 4. The summed E-state index contributed by atoms with van der Waals surface area (Å²) in [7, 11) is 0. The molecule has 0 radical (unpaired) electrons. The van der Waals surface area contributed by atoms with E-state index in [2.05, 4.69) is 70.0 Å². The van der Waals surface area contributed by atoms with E-state index in [4.69, 9.17) is 4.74 Å². The molecular formula is C19H16N4O. The van der Waals surface area contributed by atoms with E-state index in [1.807, 2.05) is 18.2 Å². The quantitative estimate of drug-likeness (QED) is 0.620. The fourth-order valence-corrected chi connectivity index (χ4v) is 2.78. The van der Waals surface area contributed by atoms with Gasteiger partial charge >= 0.3 is 0 Å². The van der Waals surface area contributed by atoms with E-state index in [-0.39, 0.29) is 6.61 Å². The van der Waals surface area contributed by atoms with Gasteiger partial charge in [-0.15, -0.1) is 10.2 Å². The van der Waals surface area contributed by atoms with Crippen LogP contribution in [-0.4, -0.2) is 20.6 Å². The van der Waals surface area contributed by atoms with Gasteiger partial charge < -0.3 is 4.74 Å². The third kappa shape index (κ3) is 2.72. The second-order valence-corrected chi connectivity index (χ2v) is 5.64. The van der Waals surface area contributed by atoms with Crippen LogP contribution in [-0.2, 0) is 6.61 Å². The van der Waals surface area contributed by atoms with Gasteiger partial charge in [0.1, 0.15) is 5.75 Å². The van der Waals surface area contributed by atoms with Crippen molar-refractivity contribution in [2.24, 2.45) is 0 Å². The number of tetrazole rings is 1. The number of aromatic amines is 1. The first-order chi connectivity index (χ1) is 11.8. The number of H-pyrrole nitrogens is 1. The number of aromatic nitrogens is 4. The highest BCUT2D eigenvalue weighted by atomic mass is 16.5. The van der Waals surface area contributed by atoms with Crippen molar-refractivity contribution in [3.63, 3.8) is 0 Å². The molecule has 5 heteroatoms. The molecule has 3 aromatic carbocycles. The minimum Gasteiger partial charge on any atom is -0.485 e. The Balaban J connectivity index is 1.83. The van der Waals surface area contributed by atoms with Crippen LogP contribution in [0.2, 0.25) is 0 Å². The molecule has 118 valence electrons. The average Bonchev–Trinajstić information content (AvgIpc) is 3.14. The molecule has 1 aromatic heterocycles. The van der Waals surface area contributed by atoms with Crippen LogP contribution in [0.15, 0.2) is 60.7 Å². The molecule has 0 fully saturated rings. The van der Waals surface area contributed by atoms with Gasteiger partial charge in [-0.2, -0.15) is 5.21 Å². The maximum absolute atomic E-state index is 5.99. The Morgan fingerprint density at radius 2 is 1.79 bits per heavy atom. The van der Waals surface area contributed by atoms with Gasteiger partial charge in [0.15, 0.2) is 6.61 Å². The lowest BCUT2D eigenvalue weighted by Gasteiger charge is -2.14. The number of fused-ring (bicyclic) bond motifs is 1. The molecule has 1 heterocycles. The second kappa shape index (κ2) is 6.12. The number of hydrogen-bond donors (Lipinski definition) is 1. The van der Waals surface area contributed by atoms with Crippen LogP contribution in [0.4, 0.5) is 0 Å². The monoisotopic (exact) mass is 316 g/mol. The Morgan fingerprint density at radius 3 is 2.58 bits per heavy atom. The Morgan fingerprint density at radius 1 is 0.958 bits per heavy atom. The minimum absolute atomic E-state index is 0.272. The molecule has 0 aliphatic carbocycles. The summed E-state index contributed by atoms with van der Waals surface area (Å²) in [6.07, 6.45) is 0. The highest BCUT2D eigenvalue weighted by Gasteiger charge is 2.12. The topological polar surface area (TPSA) is 63.7 Å². The molecule has 0 saturated carbocycles. The SMILES string of the molecule is Cc1ccc(-c2c(OCc3nn[nH]n3)ccc3ccccc23)cc1. The summed E-state index contributed by atoms with van der Waals surface area (Å²) in [6.45, 7) is 2.36. The van der Waals surface area contributed by atoms with E-state index in [9.17, 15) is 0 Å². The summed E-state index contributed by atoms with van der Waals surface area (Å²) in [4.78, 5) is 0. The number of nitrogens with zero attached hydrogens (tertiary/aromatic N) is 3. The van der Waals surface area contributed by atoms with Crippen LogP contribution in [0.1, 0.15) is 11.4 Å². The molecular weight excluding hydrogens is 300 g/mol. The predicted octanol–water partition coefficient (Wildman–Crippen LogP) is 3.91. The smallest absolute Gasteiger partial charge is 0.211 e. The van der Waals surface area contributed by atoms with Crippen LogP contribution in [0.5, 0.6) is 5.75 Å². The van der Waals surface area contributed by atoms with E-state index in [0.29, 0.717) is 5.82 Å². The normalized spacial score (nSPS) is 10.9. The molecule has 0 amide bonds. The second-order valence-electron chi connectivity index (χ2n) is 5.64. The van der Waals surface area contributed by atoms with Crippen molar-refractivity contribution < 1.29 is 4.74 Å². The lowest BCUT2D eigenvalue weighted by molar-refractivity contribution is 0.297. The van der Waals surface area contributed by atoms with Gasteiger partial charge in [-0.1, -0.05) is 65.4 Å². The standard InChI is InChI=1S/C19H16N4O/c1-13-6-8-15(9-7-13)19-16-5-3-2-4-14(16)10-11-17(19)24-12-18-20-22-23-21-18/h2-11H,12H2,1H3,(H,20,21,22,23). The Hall–Kier alpha value is -3.21. The Bertz CT molecular complexity index is 963. The molecule has 0 bridgehead atoms. The molecule has 24 heavy (non-hydrogen) atoms. The van der Waals surface area contributed by atoms with E-state index in [1.54, 1.807) is 0 Å². The zero-order valence-electron chi connectivity index (χ0n) is 13.2. The fraction of sp³-hybridized carbons (Fsp3) is 0.105. The van der Waals surface area contributed by atoms with E-state index in [0.717, 1.165) is 22.3 Å². The molecule has 0 unspecified atom stereocenters. The zero-order valence-corrected chi connectivity index (χ0v) is 13.2. The highest BCUT2D eigenvalue weighted by molar-refractivity contribution is 5.99. The number of nitrogens with one attached hydrogen (secondary N) is 1. The van der Waals surface area contributed by atoms with Crippen molar-refractivity contribution in [2.45, 2.75) is 13.5 Å². The van der Waals surface area contributed by atoms with Gasteiger partial charge in [0.2, 0.25) is 5.82 Å². The number of hydrogen-bond acceptors (Lipinski definition) is 4. The van der Waals surface area contributed by atoms with Crippen molar-refractivity contribution in [3.8, 4) is 16.9 Å². The molecule has 4 rings (SSSR count). The summed E-state index contributed by atoms with van der Waals surface area (Å²) >= 11 is 0. The number of aryl methyl sites for hydroxylation is 1. The van der Waals surface area contributed by atoms with Gasteiger partial charge in [-0.05, 0) is 29.3 Å². The third-order valence-corrected chi connectivity index (χ3v) is 3.98. The highest BCUT2D eigenvalue weighted by Crippen LogP contribution is 2.37. The predicted molar refractivity (Wildman–Crippen MR) is 92.6 cm³/mol. The third-order valence-electron chi connectivity index (χ3n) is 3.98. The summed E-state index contributed by atoms with van der Waals surface area (Å²) in [5.41, 5.74) is 3.44. The Kier molecular flexibility index (Phi) is 3.67. The van der Waals surface area contributed by atoms with Crippen molar-refractivity contribution in [2.75, 3.05) is 0 Å². The van der Waals surface area contributed by atoms with Crippen molar-refractivity contribution >= 4 is 10.8 Å². The van der Waals surface area contributed by atoms with Gasteiger partial charge in [-0.25, -0.2) is 0 Å². The molecule has 0 spiro atoms. The molecule has 0 aliphatic heterocycles. The first-order valence-electron chi connectivity index (χ1n) is 7.75. The van der Waals surface area contributed by atoms with Crippen LogP contribution in [0.3, 0.4) is 0 Å². The average molecular weight is 316 g/mol. The van der Waals surface area contributed by atoms with Gasteiger partial charge in [0.25, 0.3) is 0 Å². The maximum Gasteiger partial charge on any atom is 0.211 e. The largest absolute Gasteiger partial charge is 0.485 e. The summed E-state index contributed by atoms with van der Waals surface area (Å²) in [6, 6.07) is 20.8. The lowest BCUT2D eigenvalue weighted by Crippen LogP contribution is -1.99. The lowest BCUT2D eigenvalue weighted by atomic mass is 9.96. The molecule has 0 saturated heterocycles. The van der Waals surface area contributed by atoms with Crippen LogP contribution >= 0.6 is 0 Å². The van der Waals surface area contributed by atoms with Crippen LogP contribution in [0, 0.1) is 6.92 Å². The zero-order chi connectivity index (χ0) is 16.4. The first-order valence-corrected chi connectivity index (χ1v) is 7.75. The molecule has 5 nitrogen and oxygen atoms in total.